The molecular weight excluding hydrogens is 937 g/mol. The van der Waals surface area contributed by atoms with Gasteiger partial charge in [-0.25, -0.2) is 19.4 Å². The van der Waals surface area contributed by atoms with E-state index >= 15 is 0 Å². The van der Waals surface area contributed by atoms with E-state index in [0.717, 1.165) is 48.8 Å². The van der Waals surface area contributed by atoms with E-state index in [9.17, 15) is 101 Å². The van der Waals surface area contributed by atoms with Crippen LogP contribution in [-0.4, -0.2) is 95.9 Å². The Balaban J connectivity index is 1.98. The van der Waals surface area contributed by atoms with Crippen LogP contribution in [0.15, 0.2) is 36.7 Å². The van der Waals surface area contributed by atoms with Crippen LogP contribution >= 0.6 is 0 Å². The number of nitrogens with zero attached hydrogens (tertiary/aromatic N) is 2. The van der Waals surface area contributed by atoms with Crippen molar-refractivity contribution in [1.29, 1.82) is 0 Å². The van der Waals surface area contributed by atoms with E-state index in [-0.39, 0.29) is 18.8 Å². The minimum absolute atomic E-state index is 0.179. The van der Waals surface area contributed by atoms with Gasteiger partial charge < -0.3 is 9.47 Å². The van der Waals surface area contributed by atoms with Gasteiger partial charge in [-0.1, -0.05) is 39.0 Å². The molecule has 2 aromatic rings. The van der Waals surface area contributed by atoms with Gasteiger partial charge in [0.15, 0.2) is 5.82 Å². The average molecular weight is 971 g/mol. The number of rotatable bonds is 27. The number of alkyl halides is 23. The van der Waals surface area contributed by atoms with Gasteiger partial charge >= 0.3 is 66.1 Å². The maximum atomic E-state index is 14.1. The highest BCUT2D eigenvalue weighted by atomic mass is 19.4. The summed E-state index contributed by atoms with van der Waals surface area (Å²) in [6.07, 6.45) is -30.9. The molecule has 0 N–H and O–H groups in total. The molecule has 0 amide bonds. The van der Waals surface area contributed by atoms with Crippen LogP contribution in [0.25, 0.3) is 11.4 Å². The minimum atomic E-state index is -8.57. The second-order valence-corrected chi connectivity index (χ2v) is 13.4. The molecule has 0 fully saturated rings. The summed E-state index contributed by atoms with van der Waals surface area (Å²) in [5.41, 5.74) is 1.51. The third kappa shape index (κ3) is 12.2. The van der Waals surface area contributed by atoms with Crippen molar-refractivity contribution in [2.75, 3.05) is 19.8 Å². The molecule has 0 atom stereocenters. The van der Waals surface area contributed by atoms with Gasteiger partial charge in [0.1, 0.15) is 12.4 Å². The average Bonchev–Trinajstić information content (AvgIpc) is 3.14. The maximum absolute atomic E-state index is 14.1. The van der Waals surface area contributed by atoms with Crippen LogP contribution in [-0.2, 0) is 20.6 Å². The first kappa shape index (κ1) is 55.5. The normalized spacial score (nSPS) is 14.7. The smallest absolute Gasteiger partial charge is 0.460 e. The molecule has 0 aliphatic heterocycles. The molecule has 0 unspecified atom stereocenters. The molecule has 364 valence electrons. The summed E-state index contributed by atoms with van der Waals surface area (Å²) < 4.78 is 321. The van der Waals surface area contributed by atoms with Crippen LogP contribution in [0.5, 0.6) is 5.75 Å². The van der Waals surface area contributed by atoms with E-state index in [1.54, 1.807) is 24.5 Å². The largest absolute Gasteiger partial charge is 0.494 e. The molecule has 1 aromatic carbocycles. The minimum Gasteiger partial charge on any atom is -0.494 e. The molecule has 0 aliphatic rings. The number of benzene rings is 1. The Bertz CT molecular complexity index is 1720. The van der Waals surface area contributed by atoms with Crippen molar-refractivity contribution in [2.24, 2.45) is 0 Å². The Hall–Kier alpha value is -3.63. The summed E-state index contributed by atoms with van der Waals surface area (Å²) in [4.78, 5) is 8.61. The topological polar surface area (TPSA) is 62.7 Å². The number of halogens is 23. The highest BCUT2D eigenvalue weighted by Crippen LogP contribution is 2.60. The molecule has 0 radical (unpaired) electrons. The van der Waals surface area contributed by atoms with Crippen LogP contribution in [0, 0.1) is 0 Å². The second-order valence-electron chi connectivity index (χ2n) is 13.4. The van der Waals surface area contributed by atoms with E-state index < -0.39 is 85.8 Å². The van der Waals surface area contributed by atoms with Crippen LogP contribution in [0.3, 0.4) is 0 Å². The number of hydrogen-bond donors (Lipinski definition) is 0. The lowest BCUT2D eigenvalue weighted by Gasteiger charge is -2.40. The predicted molar refractivity (Wildman–Crippen MR) is 168 cm³/mol. The molecule has 63 heavy (non-hydrogen) atoms. The molecule has 0 spiro atoms. The summed E-state index contributed by atoms with van der Waals surface area (Å²) in [6.45, 7) is -2.27. The third-order valence-corrected chi connectivity index (χ3v) is 8.45. The third-order valence-electron chi connectivity index (χ3n) is 8.45. The van der Waals surface area contributed by atoms with E-state index in [2.05, 4.69) is 21.6 Å². The molecule has 0 bridgehead atoms. The van der Waals surface area contributed by atoms with E-state index in [4.69, 9.17) is 4.74 Å². The number of aromatic nitrogens is 2. The molecule has 1 heterocycles. The lowest BCUT2D eigenvalue weighted by atomic mass is 9.98. The number of aryl methyl sites for hydroxylation is 1. The van der Waals surface area contributed by atoms with Gasteiger partial charge in [-0.15, -0.1) is 0 Å². The van der Waals surface area contributed by atoms with Crippen molar-refractivity contribution < 1.29 is 120 Å². The lowest BCUT2D eigenvalue weighted by molar-refractivity contribution is -0.558. The fourth-order valence-electron chi connectivity index (χ4n) is 4.77. The van der Waals surface area contributed by atoms with Crippen LogP contribution in [0.2, 0.25) is 0 Å². The van der Waals surface area contributed by atoms with E-state index in [1.807, 2.05) is 0 Å². The quantitative estimate of drug-likeness (QED) is 0.0657. The fraction of sp³-hybridized carbons (Fsp3) is 0.706. The Labute approximate surface area is 340 Å². The molecule has 2 rings (SSSR count). The van der Waals surface area contributed by atoms with Crippen molar-refractivity contribution in [1.82, 2.24) is 9.97 Å². The van der Waals surface area contributed by atoms with Gasteiger partial charge in [0, 0.05) is 24.6 Å². The lowest BCUT2D eigenvalue weighted by Crippen LogP contribution is -2.70. The van der Waals surface area contributed by atoms with Crippen LogP contribution < -0.4 is 4.74 Å². The van der Waals surface area contributed by atoms with Gasteiger partial charge in [-0.05, 0) is 55.5 Å². The Kier molecular flexibility index (Phi) is 17.5. The van der Waals surface area contributed by atoms with Crippen molar-refractivity contribution in [3.8, 4) is 17.1 Å². The monoisotopic (exact) mass is 970 g/mol. The summed E-state index contributed by atoms with van der Waals surface area (Å²) in [7, 11) is 0. The first-order valence-corrected chi connectivity index (χ1v) is 17.8. The second kappa shape index (κ2) is 19.9. The predicted octanol–water partition coefficient (Wildman–Crippen LogP) is 13.0. The van der Waals surface area contributed by atoms with E-state index in [0.29, 0.717) is 11.4 Å². The van der Waals surface area contributed by atoms with Gasteiger partial charge in [-0.2, -0.15) is 101 Å². The maximum Gasteiger partial charge on any atom is 0.460 e. The molecule has 1 aromatic heterocycles. The summed E-state index contributed by atoms with van der Waals surface area (Å²) >= 11 is 0. The summed E-state index contributed by atoms with van der Waals surface area (Å²) in [5.74, 6) is -47.5. The molecule has 0 saturated heterocycles. The molecule has 0 saturated carbocycles. The fourth-order valence-corrected chi connectivity index (χ4v) is 4.77. The first-order valence-electron chi connectivity index (χ1n) is 17.8. The zero-order chi connectivity index (χ0) is 48.8. The van der Waals surface area contributed by atoms with Gasteiger partial charge in [0.2, 0.25) is 0 Å². The Morgan fingerprint density at radius 2 is 0.905 bits per heavy atom. The van der Waals surface area contributed by atoms with Gasteiger partial charge in [0.05, 0.1) is 6.61 Å². The standard InChI is InChI=1S/C34H33F23N2O4/c1-2-3-4-5-6-7-10-20-17-58-23(59-18-20)21-11-13-22(14-12-21)61-16-9-8-15-60-19-24(35,36)25(37,38)26(39,40)28(43,44)31(50,51)62-33(54,55)34(56,57)63-32(52,53)29(45,46)27(41,42)30(47,48)49/h11-14,17-18H,2-10,15-16,19H2,1H3. The zero-order valence-electron chi connectivity index (χ0n) is 31.7. The number of unbranched alkanes of at least 4 members (excludes halogenated alkanes) is 6. The summed E-state index contributed by atoms with van der Waals surface area (Å²) in [6, 6.07) is 6.03. The van der Waals surface area contributed by atoms with Gasteiger partial charge in [0.25, 0.3) is 0 Å². The van der Waals surface area contributed by atoms with Crippen LogP contribution in [0.4, 0.5) is 101 Å². The van der Waals surface area contributed by atoms with Gasteiger partial charge in [-0.3, -0.25) is 0 Å². The van der Waals surface area contributed by atoms with Crippen LogP contribution in [0.1, 0.15) is 63.9 Å². The van der Waals surface area contributed by atoms with Crippen molar-refractivity contribution >= 4 is 0 Å². The number of hydrogen-bond acceptors (Lipinski definition) is 6. The van der Waals surface area contributed by atoms with Crippen molar-refractivity contribution in [2.45, 2.75) is 131 Å². The molecule has 29 heteroatoms. The highest BCUT2D eigenvalue weighted by Gasteiger charge is 2.89. The highest BCUT2D eigenvalue weighted by molar-refractivity contribution is 5.55. The summed E-state index contributed by atoms with van der Waals surface area (Å²) in [5, 5.41) is 0. The van der Waals surface area contributed by atoms with E-state index in [1.165, 1.54) is 23.3 Å². The first-order chi connectivity index (χ1) is 28.4. The van der Waals surface area contributed by atoms with Crippen molar-refractivity contribution in [3.63, 3.8) is 0 Å². The zero-order valence-corrected chi connectivity index (χ0v) is 31.7. The SMILES string of the molecule is CCCCCCCCc1cnc(-c2ccc(OCCCCOCC(F)(F)C(F)(F)C(F)(F)C(F)(F)C(F)(F)OC(F)(F)C(F)(F)OC(F)(F)C(F)(F)C(F)(F)C(F)(F)F)cc2)nc1. The Morgan fingerprint density at radius 3 is 1.38 bits per heavy atom. The Morgan fingerprint density at radius 1 is 0.460 bits per heavy atom. The number of ether oxygens (including phenoxy) is 4. The molecule has 6 nitrogen and oxygen atoms in total. The molecular formula is C34H33F23N2O4. The van der Waals surface area contributed by atoms with Crippen molar-refractivity contribution in [3.05, 3.63) is 42.2 Å². The molecule has 0 aliphatic carbocycles.